The summed E-state index contributed by atoms with van der Waals surface area (Å²) >= 11 is 3.32. The molecule has 30 nitrogen and oxygen atoms in total. The number of methoxy groups -OCH3 is 7. The van der Waals surface area contributed by atoms with E-state index in [1.165, 1.54) is 49.8 Å². The van der Waals surface area contributed by atoms with Gasteiger partial charge in [-0.1, -0.05) is 110 Å². The number of hydrogen-bond acceptors (Lipinski definition) is 29. The fourth-order valence-electron chi connectivity index (χ4n) is 14.6. The summed E-state index contributed by atoms with van der Waals surface area (Å²) in [6, 6.07) is 0. The zero-order valence-electron chi connectivity index (χ0n) is 83.2. The highest BCUT2D eigenvalue weighted by atomic mass is 79.9. The van der Waals surface area contributed by atoms with Crippen LogP contribution in [-0.4, -0.2) is 197 Å². The first-order valence-electron chi connectivity index (χ1n) is 44.6. The van der Waals surface area contributed by atoms with Crippen molar-refractivity contribution in [1.82, 2.24) is 0 Å². The second-order valence-electron chi connectivity index (χ2n) is 30.3. The second kappa shape index (κ2) is 58.6. The number of fused-ring (bicyclic) bond motifs is 4. The van der Waals surface area contributed by atoms with Crippen LogP contribution in [0.3, 0.4) is 0 Å². The number of allylic oxidation sites excluding steroid dienone is 14. The van der Waals surface area contributed by atoms with Crippen molar-refractivity contribution in [3.8, 4) is 46.0 Å². The molecular formula is C95H129B4BrO30P2. The molecule has 4 aliphatic rings. The van der Waals surface area contributed by atoms with Crippen LogP contribution in [0, 0.1) is 45.4 Å². The minimum atomic E-state index is -3.22. The minimum absolute atomic E-state index is 0.0784. The van der Waals surface area contributed by atoms with Crippen LogP contribution in [-0.2, 0) is 132 Å². The number of carboxylic acids is 1. The lowest BCUT2D eigenvalue weighted by Gasteiger charge is -2.17. The maximum Gasteiger partial charge on any atom is 0.342 e. The smallest absolute Gasteiger partial charge is 0.342 e. The van der Waals surface area contributed by atoms with Crippen LogP contribution < -0.4 is 18.9 Å². The fraction of sp³-hybridized carbons (Fsp3) is 0.474. The SMILES string of the molecule is C=C=C=C.CCOP(=O)(C/C=C/CC(C/C(C)=C/Cc1c(O)c2c(c(C)c1OC)COC2=O)C(=O)O)OCC.CCOP(=O)(C/C=C/CC(C/C(C)=C/Cc1c(O)c2c(c(C)c1OC)COC2=O)C(=O)OC)OCC.COC(=O)C(C/C=C/CBr)C/C(C)=C/Cc1c(O)c2c(c(C)c1OC)COC2=O.COC(=O)CC/C(C)=C/Cc1c(O)c2c(c(C)c1OC)COC2=O.[2H][2H].[2H][2H].[B]B([B])[B]. The van der Waals surface area contributed by atoms with Gasteiger partial charge in [-0.2, -0.15) is 0 Å². The molecule has 4 aromatic carbocycles. The molecule has 3 atom stereocenters. The maximum atomic E-state index is 12.6. The Bertz CT molecular complexity index is 5100. The summed E-state index contributed by atoms with van der Waals surface area (Å²) in [6.07, 6.45) is 22.4. The van der Waals surface area contributed by atoms with E-state index in [4.69, 9.17) is 71.4 Å². The monoisotopic (exact) mass is 1940 g/mol. The molecule has 0 fully saturated rings. The van der Waals surface area contributed by atoms with Crippen LogP contribution in [0.5, 0.6) is 46.0 Å². The van der Waals surface area contributed by atoms with E-state index in [0.29, 0.717) is 125 Å². The third-order valence-corrected chi connectivity index (χ3v) is 25.5. The molecule has 37 heteroatoms. The number of carboxylic acid groups (broad SMARTS) is 1. The van der Waals surface area contributed by atoms with Gasteiger partial charge in [0.25, 0.3) is 0 Å². The van der Waals surface area contributed by atoms with Crippen molar-refractivity contribution in [1.29, 1.82) is 0 Å². The van der Waals surface area contributed by atoms with Gasteiger partial charge in [-0.05, 0) is 189 Å². The van der Waals surface area contributed by atoms with Crippen LogP contribution in [0.1, 0.15) is 221 Å². The molecule has 4 heterocycles. The maximum absolute atomic E-state index is 12.6. The topological polar surface area (TPSA) is 410 Å². The van der Waals surface area contributed by atoms with Gasteiger partial charge in [-0.3, -0.25) is 28.3 Å². The summed E-state index contributed by atoms with van der Waals surface area (Å²) in [7, 11) is 17.8. The summed E-state index contributed by atoms with van der Waals surface area (Å²) in [5, 5.41) is 53.1. The summed E-state index contributed by atoms with van der Waals surface area (Å²) < 4.78 is 123. The Morgan fingerprint density at radius 1 is 0.455 bits per heavy atom. The molecule has 0 amide bonds. The molecule has 8 rings (SSSR count). The number of phenolic OH excluding ortho intramolecular Hbond substituents is 4. The molecule has 0 aliphatic carbocycles. The largest absolute Gasteiger partial charge is 0.507 e. The Morgan fingerprint density at radius 2 is 0.712 bits per heavy atom. The number of phenols is 4. The second-order valence-corrected chi connectivity index (χ2v) is 35.2. The number of hydrogen-bond donors (Lipinski definition) is 5. The lowest BCUT2D eigenvalue weighted by Crippen LogP contribution is -2.16. The summed E-state index contributed by atoms with van der Waals surface area (Å²) in [5.74, 6) is -3.79. The molecule has 132 heavy (non-hydrogen) atoms. The molecule has 6 radical (unpaired) electrons. The Labute approximate surface area is 794 Å². The van der Waals surface area contributed by atoms with Crippen LogP contribution in [0.4, 0.5) is 0 Å². The molecular weight excluding hydrogens is 1810 g/mol. The summed E-state index contributed by atoms with van der Waals surface area (Å²) in [5.41, 5.74) is 16.8. The number of esters is 7. The molecule has 0 saturated heterocycles. The molecule has 0 spiro atoms. The minimum Gasteiger partial charge on any atom is -0.507 e. The van der Waals surface area contributed by atoms with Gasteiger partial charge in [0.1, 0.15) is 94.7 Å². The van der Waals surface area contributed by atoms with Crippen molar-refractivity contribution in [3.05, 3.63) is 197 Å². The Balaban J connectivity index is 0.000000877. The fourth-order valence-corrected chi connectivity index (χ4v) is 17.8. The van der Waals surface area contributed by atoms with Crippen molar-refractivity contribution in [3.63, 3.8) is 0 Å². The third kappa shape index (κ3) is 33.9. The summed E-state index contributed by atoms with van der Waals surface area (Å²) in [6.45, 7) is 29.8. The highest BCUT2D eigenvalue weighted by Crippen LogP contribution is 2.51. The van der Waals surface area contributed by atoms with E-state index in [9.17, 15) is 73.0 Å². The van der Waals surface area contributed by atoms with Gasteiger partial charge in [0.2, 0.25) is 0 Å². The van der Waals surface area contributed by atoms with Crippen LogP contribution >= 0.6 is 31.1 Å². The highest BCUT2D eigenvalue weighted by molar-refractivity contribution is 9.09. The van der Waals surface area contributed by atoms with Crippen molar-refractivity contribution in [2.45, 2.75) is 187 Å². The average molecular weight is 1940 g/mol. The number of cyclic esters (lactones) is 4. The lowest BCUT2D eigenvalue weighted by atomic mass is 9.08. The van der Waals surface area contributed by atoms with Gasteiger partial charge in [0, 0.05) is 91.8 Å². The van der Waals surface area contributed by atoms with E-state index >= 15 is 0 Å². The van der Waals surface area contributed by atoms with Crippen LogP contribution in [0.15, 0.2) is 108 Å². The predicted octanol–water partition coefficient (Wildman–Crippen LogP) is 17.7. The molecule has 718 valence electrons. The van der Waals surface area contributed by atoms with Gasteiger partial charge in [0.15, 0.2) is 0 Å². The first kappa shape index (κ1) is 112. The van der Waals surface area contributed by atoms with Gasteiger partial charge in [-0.15, -0.1) is 0 Å². The molecule has 0 aromatic heterocycles. The molecule has 3 unspecified atom stereocenters. The van der Waals surface area contributed by atoms with Crippen molar-refractivity contribution >= 4 is 108 Å². The van der Waals surface area contributed by atoms with Crippen LogP contribution in [0.2, 0.25) is 0 Å². The van der Waals surface area contributed by atoms with Gasteiger partial charge in [-0.25, -0.2) is 19.2 Å². The lowest BCUT2D eigenvalue weighted by molar-refractivity contribution is -0.146. The van der Waals surface area contributed by atoms with Gasteiger partial charge in [0.05, 0.1) is 106 Å². The van der Waals surface area contributed by atoms with Crippen molar-refractivity contribution in [2.75, 3.05) is 93.9 Å². The quantitative estimate of drug-likeness (QED) is 0.00522. The zero-order chi connectivity index (χ0) is 103. The van der Waals surface area contributed by atoms with E-state index in [-0.39, 0.29) is 154 Å². The normalized spacial score (nSPS) is 14.0. The van der Waals surface area contributed by atoms with E-state index < -0.39 is 63.3 Å². The first-order chi connectivity index (χ1) is 64.6. The van der Waals surface area contributed by atoms with Crippen LogP contribution in [0.25, 0.3) is 0 Å². The number of rotatable bonds is 43. The number of halogens is 1. The zero-order valence-corrected chi connectivity index (χ0v) is 82.6. The molecule has 0 bridgehead atoms. The molecule has 4 aromatic rings. The highest BCUT2D eigenvalue weighted by Gasteiger charge is 2.37. The predicted molar refractivity (Wildman–Crippen MR) is 513 cm³/mol. The molecule has 4 aliphatic heterocycles. The Kier molecular flexibility index (Phi) is 49.7. The number of ether oxygens (including phenoxy) is 11. The summed E-state index contributed by atoms with van der Waals surface area (Å²) in [4.78, 5) is 95.5. The number of aliphatic carboxylic acids is 1. The van der Waals surface area contributed by atoms with Gasteiger partial charge >= 0.3 is 62.9 Å². The van der Waals surface area contributed by atoms with E-state index in [1.807, 2.05) is 91.8 Å². The number of aromatic hydroxyl groups is 4. The van der Waals surface area contributed by atoms with Gasteiger partial charge < -0.3 is 95.7 Å². The third-order valence-electron chi connectivity index (χ3n) is 21.2. The van der Waals surface area contributed by atoms with E-state index in [0.717, 1.165) is 49.9 Å². The van der Waals surface area contributed by atoms with E-state index in [2.05, 4.69) is 68.5 Å². The first-order valence-corrected chi connectivity index (χ1v) is 47.2. The Morgan fingerprint density at radius 3 is 0.947 bits per heavy atom. The number of carbonyl (C=O) groups is 8. The molecule has 5 N–H and O–H groups in total. The van der Waals surface area contributed by atoms with Crippen molar-refractivity contribution < 1.29 is 149 Å². The van der Waals surface area contributed by atoms with Crippen molar-refractivity contribution in [2.24, 2.45) is 17.8 Å². The number of benzene rings is 4. The number of alkyl halides is 1. The number of carbonyl (C=O) groups excluding carboxylic acids is 7. The van der Waals surface area contributed by atoms with E-state index in [1.54, 1.807) is 52.0 Å². The molecule has 0 saturated carbocycles. The standard InChI is InChI=1S/C26H37O9P.C25H35O9P.C22H27BrO6.C18H22O6.C4H4.B4.2H2/c1-7-34-36(30,35-8-2)14-10-9-11-19(25(28)32-6)15-17(3)12-13-20-23(27)22-21(16-33-26(22)29)18(4)24(20)31-5;1-6-33-35(30,34-7-2)13-9-8-10-18(24(27)28)14-16(3)11-12-19-22(26)21-20(15-32-25(21)29)17(4)23(19)31-5;1-13(11-15(21(25)28-4)7-5-6-10-23)8-9-16-19(24)18-17(12-29-22(18)26)14(2)20(16)27-3;1-10(6-8-14(19)22-3)5-7-12-16(20)15-13(9-24-18(15)21)11(2)17(12)23-4;1-3-4-2;1-4(2)3;;/h9-10,12,19,27H,7-8,11,13-16H2,1-6H3;8-9,11,18,26H,6-7,10,12-15H2,1-5H3,(H,27,28);5-6,8,15,24H,7,9-12H2,1-4H3;5,20H,6-9H2,1-4H3;1-2H2;;2*1H/b10-9+,17-12+;9-8+,16-11+;6-5+,13-8+;10-5+;;;;/i;;;;;;2*1+1D. The average Bonchev–Trinajstić information content (AvgIpc) is 1.62. The Hall–Kier alpha value is -10.4.